The van der Waals surface area contributed by atoms with E-state index >= 15 is 0 Å². The van der Waals surface area contributed by atoms with Crippen molar-refractivity contribution >= 4 is 17.9 Å². The molecule has 1 unspecified atom stereocenters. The molecule has 0 radical (unpaired) electrons. The lowest BCUT2D eigenvalue weighted by atomic mass is 10.0. The fourth-order valence-electron chi connectivity index (χ4n) is 9.89. The van der Waals surface area contributed by atoms with Gasteiger partial charge >= 0.3 is 17.9 Å². The summed E-state index contributed by atoms with van der Waals surface area (Å²) >= 11 is 0. The van der Waals surface area contributed by atoms with E-state index in [1.807, 2.05) is 0 Å². The number of carbonyl (C=O) groups is 3. The molecule has 0 aromatic carbocycles. The molecule has 0 heterocycles. The second-order valence-electron chi connectivity index (χ2n) is 22.4. The van der Waals surface area contributed by atoms with Gasteiger partial charge in [-0.25, -0.2) is 0 Å². The molecule has 0 aliphatic heterocycles. The van der Waals surface area contributed by atoms with E-state index < -0.39 is 6.10 Å². The first-order chi connectivity index (χ1) is 36.5. The third-order valence-corrected chi connectivity index (χ3v) is 14.8. The zero-order chi connectivity index (χ0) is 53.6. The predicted molar refractivity (Wildman–Crippen MR) is 321 cm³/mol. The minimum Gasteiger partial charge on any atom is -0.462 e. The zero-order valence-electron chi connectivity index (χ0n) is 49.9. The lowest BCUT2D eigenvalue weighted by Gasteiger charge is -2.18. The summed E-state index contributed by atoms with van der Waals surface area (Å²) in [5, 5.41) is 0. The van der Waals surface area contributed by atoms with E-state index in [4.69, 9.17) is 14.2 Å². The molecule has 0 aromatic rings. The first-order valence-corrected chi connectivity index (χ1v) is 33.0. The van der Waals surface area contributed by atoms with E-state index in [0.29, 0.717) is 19.3 Å². The Kier molecular flexibility index (Phi) is 61.1. The van der Waals surface area contributed by atoms with Crippen molar-refractivity contribution < 1.29 is 28.6 Å². The average Bonchev–Trinajstić information content (AvgIpc) is 3.40. The monoisotopic (exact) mass is 1040 g/mol. The summed E-state index contributed by atoms with van der Waals surface area (Å²) in [6, 6.07) is 0. The Labute approximate surface area is 461 Å². The molecule has 0 aliphatic carbocycles. The van der Waals surface area contributed by atoms with Gasteiger partial charge in [0.15, 0.2) is 6.10 Å². The molecule has 0 N–H and O–H groups in total. The molecule has 1 atom stereocenters. The van der Waals surface area contributed by atoms with E-state index in [1.54, 1.807) is 0 Å². The third-order valence-electron chi connectivity index (χ3n) is 14.8. The van der Waals surface area contributed by atoms with Crippen molar-refractivity contribution in [2.24, 2.45) is 0 Å². The summed E-state index contributed by atoms with van der Waals surface area (Å²) in [4.78, 5) is 38.3. The molecular formula is C68H126O6. The van der Waals surface area contributed by atoms with Gasteiger partial charge in [0.05, 0.1) is 0 Å². The quantitative estimate of drug-likeness (QED) is 0.0261. The minimum atomic E-state index is -0.780. The van der Waals surface area contributed by atoms with Gasteiger partial charge in [-0.3, -0.25) is 14.4 Å². The minimum absolute atomic E-state index is 0.0761. The molecule has 0 spiro atoms. The molecule has 0 saturated carbocycles. The van der Waals surface area contributed by atoms with Crippen LogP contribution in [0.4, 0.5) is 0 Å². The average molecular weight is 1040 g/mol. The summed E-state index contributed by atoms with van der Waals surface area (Å²) in [5.74, 6) is -0.877. The van der Waals surface area contributed by atoms with Gasteiger partial charge in [-0.05, 0) is 70.6 Å². The van der Waals surface area contributed by atoms with Crippen molar-refractivity contribution in [3.05, 3.63) is 36.5 Å². The molecular weight excluding hydrogens is 913 g/mol. The number of allylic oxidation sites excluding steroid dienone is 6. The van der Waals surface area contributed by atoms with E-state index in [2.05, 4.69) is 57.2 Å². The second-order valence-corrected chi connectivity index (χ2v) is 22.4. The lowest BCUT2D eigenvalue weighted by Crippen LogP contribution is -2.30. The number of unbranched alkanes of at least 4 members (excludes halogenated alkanes) is 44. The Morgan fingerprint density at radius 3 is 0.811 bits per heavy atom. The van der Waals surface area contributed by atoms with Gasteiger partial charge in [0.2, 0.25) is 0 Å². The maximum Gasteiger partial charge on any atom is 0.306 e. The fourth-order valence-corrected chi connectivity index (χ4v) is 9.89. The van der Waals surface area contributed by atoms with Gasteiger partial charge in [0, 0.05) is 19.3 Å². The van der Waals surface area contributed by atoms with Crippen LogP contribution >= 0.6 is 0 Å². The van der Waals surface area contributed by atoms with Crippen LogP contribution in [0.5, 0.6) is 0 Å². The van der Waals surface area contributed by atoms with Gasteiger partial charge in [-0.2, -0.15) is 0 Å². The van der Waals surface area contributed by atoms with Crippen molar-refractivity contribution in [2.75, 3.05) is 13.2 Å². The SMILES string of the molecule is CCC/C=C\C/C=C\CCCCCCCC(=O)OCC(COC(=O)CCCCCCCCCCCCCCCCCCCCCCCCCCCCC)OC(=O)CCCCCCC/C=C\CCCCCCCCC. The number of esters is 3. The normalized spacial score (nSPS) is 12.2. The van der Waals surface area contributed by atoms with Crippen LogP contribution in [0.25, 0.3) is 0 Å². The zero-order valence-corrected chi connectivity index (χ0v) is 49.9. The molecule has 0 aromatic heterocycles. The third kappa shape index (κ3) is 60.5. The highest BCUT2D eigenvalue weighted by Crippen LogP contribution is 2.18. The molecule has 0 fully saturated rings. The van der Waals surface area contributed by atoms with Gasteiger partial charge in [0.1, 0.15) is 13.2 Å². The lowest BCUT2D eigenvalue weighted by molar-refractivity contribution is -0.167. The number of ether oxygens (including phenoxy) is 3. The van der Waals surface area contributed by atoms with Crippen LogP contribution in [0.3, 0.4) is 0 Å². The first-order valence-electron chi connectivity index (χ1n) is 33.0. The Hall–Kier alpha value is -2.37. The van der Waals surface area contributed by atoms with Crippen LogP contribution in [0.1, 0.15) is 361 Å². The van der Waals surface area contributed by atoms with Crippen LogP contribution in [0, 0.1) is 0 Å². The summed E-state index contributed by atoms with van der Waals surface area (Å²) < 4.78 is 16.9. The van der Waals surface area contributed by atoms with Crippen molar-refractivity contribution in [3.63, 3.8) is 0 Å². The molecule has 434 valence electrons. The Morgan fingerprint density at radius 2 is 0.514 bits per heavy atom. The summed E-state index contributed by atoms with van der Waals surface area (Å²) in [6.07, 6.45) is 77.4. The maximum atomic E-state index is 12.9. The van der Waals surface area contributed by atoms with Crippen molar-refractivity contribution in [1.29, 1.82) is 0 Å². The molecule has 0 rings (SSSR count). The fraction of sp³-hybridized carbons (Fsp3) is 0.868. The van der Waals surface area contributed by atoms with E-state index in [0.717, 1.165) is 89.9 Å². The van der Waals surface area contributed by atoms with Crippen LogP contribution in [-0.4, -0.2) is 37.2 Å². The summed E-state index contributed by atoms with van der Waals surface area (Å²) in [6.45, 7) is 6.61. The summed E-state index contributed by atoms with van der Waals surface area (Å²) in [5.41, 5.74) is 0. The smallest absolute Gasteiger partial charge is 0.306 e. The number of rotatable bonds is 61. The number of hydrogen-bond donors (Lipinski definition) is 0. The van der Waals surface area contributed by atoms with Crippen LogP contribution in [-0.2, 0) is 28.6 Å². The predicted octanol–water partition coefficient (Wildman–Crippen LogP) is 22.4. The van der Waals surface area contributed by atoms with Gasteiger partial charge < -0.3 is 14.2 Å². The number of carbonyl (C=O) groups excluding carboxylic acids is 3. The van der Waals surface area contributed by atoms with E-state index in [1.165, 1.54) is 231 Å². The Bertz CT molecular complexity index is 1240. The molecule has 0 amide bonds. The largest absolute Gasteiger partial charge is 0.462 e. The topological polar surface area (TPSA) is 78.9 Å². The molecule has 0 bridgehead atoms. The molecule has 6 nitrogen and oxygen atoms in total. The van der Waals surface area contributed by atoms with Gasteiger partial charge in [-0.1, -0.05) is 308 Å². The highest BCUT2D eigenvalue weighted by molar-refractivity contribution is 5.71. The van der Waals surface area contributed by atoms with Gasteiger partial charge in [-0.15, -0.1) is 0 Å². The molecule has 6 heteroatoms. The van der Waals surface area contributed by atoms with Crippen LogP contribution in [0.2, 0.25) is 0 Å². The second kappa shape index (κ2) is 63.2. The number of hydrogen-bond acceptors (Lipinski definition) is 6. The van der Waals surface area contributed by atoms with Gasteiger partial charge in [0.25, 0.3) is 0 Å². The van der Waals surface area contributed by atoms with E-state index in [-0.39, 0.29) is 31.1 Å². The first kappa shape index (κ1) is 71.6. The van der Waals surface area contributed by atoms with Crippen LogP contribution < -0.4 is 0 Å². The molecule has 74 heavy (non-hydrogen) atoms. The van der Waals surface area contributed by atoms with E-state index in [9.17, 15) is 14.4 Å². The molecule has 0 aliphatic rings. The molecule has 0 saturated heterocycles. The Morgan fingerprint density at radius 1 is 0.270 bits per heavy atom. The maximum absolute atomic E-state index is 12.9. The highest BCUT2D eigenvalue weighted by atomic mass is 16.6. The summed E-state index contributed by atoms with van der Waals surface area (Å²) in [7, 11) is 0. The Balaban J connectivity index is 4.19. The van der Waals surface area contributed by atoms with Crippen molar-refractivity contribution in [3.8, 4) is 0 Å². The van der Waals surface area contributed by atoms with Crippen LogP contribution in [0.15, 0.2) is 36.5 Å². The highest BCUT2D eigenvalue weighted by Gasteiger charge is 2.19. The van der Waals surface area contributed by atoms with Crippen molar-refractivity contribution in [2.45, 2.75) is 367 Å². The standard InChI is InChI=1S/C68H126O6/c1-4-7-10-13-16-19-22-25-27-29-30-31-32-33-34-35-36-37-38-39-41-43-46-49-52-55-58-61-67(70)73-64-65(63-72-66(69)60-57-54-51-48-45-42-24-21-18-15-12-9-6-3)74-68(71)62-59-56-53-50-47-44-40-28-26-23-20-17-14-11-8-5-2/h12,15,21,24,28,40,65H,4-11,13-14,16-20,22-23,25-27,29-39,41-64H2,1-3H3/b15-12-,24-21-,40-28-. The van der Waals surface area contributed by atoms with Crippen molar-refractivity contribution in [1.82, 2.24) is 0 Å².